The summed E-state index contributed by atoms with van der Waals surface area (Å²) in [6.07, 6.45) is 58.0. The van der Waals surface area contributed by atoms with E-state index >= 15 is 0 Å². The summed E-state index contributed by atoms with van der Waals surface area (Å²) in [6, 6.07) is -0.749. The van der Waals surface area contributed by atoms with Gasteiger partial charge in [-0.25, -0.2) is 0 Å². The maximum absolute atomic E-state index is 12.7. The van der Waals surface area contributed by atoms with Crippen LogP contribution in [0.15, 0.2) is 122 Å². The van der Waals surface area contributed by atoms with Gasteiger partial charge in [-0.2, -0.15) is 0 Å². The van der Waals surface area contributed by atoms with Gasteiger partial charge in [-0.15, -0.1) is 0 Å². The van der Waals surface area contributed by atoms with E-state index in [2.05, 4.69) is 135 Å². The highest BCUT2D eigenvalue weighted by atomic mass is 16.6. The number of likely N-dealkylation sites (N-methyl/N-ethyl adjacent to an activating group) is 1. The normalized spacial score (nSPS) is 14.1. The van der Waals surface area contributed by atoms with Crippen LogP contribution in [0.1, 0.15) is 136 Å². The molecule has 0 radical (unpaired) electrons. The van der Waals surface area contributed by atoms with E-state index in [-0.39, 0.29) is 55.5 Å². The standard InChI is InChI=1S/C52H81NO7/c1-6-8-10-12-14-16-18-20-22-24-25-27-29-31-33-35-37-39-41-43-51(55)60-48(46-58-45-44-49(52(56)57)53(3,4)5)47-59-50(54)42-40-38-36-34-32-30-28-26-23-21-19-17-15-13-11-9-7-2/h8-11,14-17,20-23,25,27-28,30-31,33-34,36,48-49H,6-7,12-13,18-19,24,26,29,32,35,37-47H2,1-5H3/b10-8-,11-9-,16-14-,17-15-,22-20-,23-21-,27-25-,30-28-,33-31-,36-34-. The molecule has 0 aromatic rings. The Morgan fingerprint density at radius 1 is 0.500 bits per heavy atom. The summed E-state index contributed by atoms with van der Waals surface area (Å²) < 4.78 is 17.1. The first kappa shape index (κ1) is 55.7. The van der Waals surface area contributed by atoms with Gasteiger partial charge in [0.25, 0.3) is 0 Å². The quantitative estimate of drug-likeness (QED) is 0.0264. The molecule has 0 rings (SSSR count). The Labute approximate surface area is 365 Å². The largest absolute Gasteiger partial charge is 0.544 e. The molecular formula is C52H81NO7. The zero-order chi connectivity index (χ0) is 44.2. The molecule has 0 saturated heterocycles. The van der Waals surface area contributed by atoms with Crippen molar-refractivity contribution in [2.24, 2.45) is 0 Å². The molecule has 0 N–H and O–H groups in total. The highest BCUT2D eigenvalue weighted by molar-refractivity contribution is 5.70. The van der Waals surface area contributed by atoms with Gasteiger partial charge < -0.3 is 28.6 Å². The molecule has 0 heterocycles. The molecule has 0 aromatic heterocycles. The Morgan fingerprint density at radius 2 is 0.900 bits per heavy atom. The summed E-state index contributed by atoms with van der Waals surface area (Å²) in [7, 11) is 5.36. The molecule has 0 aliphatic rings. The van der Waals surface area contributed by atoms with Crippen molar-refractivity contribution in [2.75, 3.05) is 41.0 Å². The predicted octanol–water partition coefficient (Wildman–Crippen LogP) is 11.3. The number of nitrogens with zero attached hydrogens (tertiary/aromatic N) is 1. The van der Waals surface area contributed by atoms with E-state index < -0.39 is 18.1 Å². The van der Waals surface area contributed by atoms with Crippen LogP contribution >= 0.6 is 0 Å². The molecule has 60 heavy (non-hydrogen) atoms. The van der Waals surface area contributed by atoms with Crippen LogP contribution in [0.25, 0.3) is 0 Å². The summed E-state index contributed by atoms with van der Waals surface area (Å²) in [5.41, 5.74) is 0. The smallest absolute Gasteiger partial charge is 0.306 e. The SMILES string of the molecule is CC/C=C\C/C=C\C/C=C\C/C=C\C/C=C\CCCCCC(=O)OC(COCCC(C(=O)[O-])[N+](C)(C)C)COC(=O)CCC/C=C\C/C=C\C/C=C\C/C=C\C/C=C\CC. The first-order chi connectivity index (χ1) is 29.1. The van der Waals surface area contributed by atoms with Crippen LogP contribution in [0.5, 0.6) is 0 Å². The topological polar surface area (TPSA) is 102 Å². The molecule has 0 amide bonds. The molecule has 2 unspecified atom stereocenters. The Balaban J connectivity index is 4.52. The van der Waals surface area contributed by atoms with Crippen molar-refractivity contribution < 1.29 is 38.2 Å². The van der Waals surface area contributed by atoms with E-state index in [9.17, 15) is 19.5 Å². The number of hydrogen-bond acceptors (Lipinski definition) is 7. The first-order valence-corrected chi connectivity index (χ1v) is 22.6. The van der Waals surface area contributed by atoms with Crippen LogP contribution in [0.3, 0.4) is 0 Å². The van der Waals surface area contributed by atoms with Crippen LogP contribution in [-0.2, 0) is 28.6 Å². The van der Waals surface area contributed by atoms with Gasteiger partial charge in [0.1, 0.15) is 12.6 Å². The van der Waals surface area contributed by atoms with Gasteiger partial charge in [-0.05, 0) is 96.3 Å². The monoisotopic (exact) mass is 832 g/mol. The Kier molecular flexibility index (Phi) is 38.5. The molecule has 0 bridgehead atoms. The van der Waals surface area contributed by atoms with Gasteiger partial charge in [-0.3, -0.25) is 9.59 Å². The van der Waals surface area contributed by atoms with Gasteiger partial charge in [0.15, 0.2) is 6.10 Å². The summed E-state index contributed by atoms with van der Waals surface area (Å²) in [5.74, 6) is -1.87. The third-order valence-corrected chi connectivity index (χ3v) is 9.09. The maximum atomic E-state index is 12.7. The third kappa shape index (κ3) is 39.2. The summed E-state index contributed by atoms with van der Waals surface area (Å²) in [6.45, 7) is 4.30. The lowest BCUT2D eigenvalue weighted by atomic mass is 10.1. The van der Waals surface area contributed by atoms with Crippen molar-refractivity contribution in [3.63, 3.8) is 0 Å². The van der Waals surface area contributed by atoms with Crippen molar-refractivity contribution in [3.05, 3.63) is 122 Å². The van der Waals surface area contributed by atoms with Crippen molar-refractivity contribution in [3.8, 4) is 0 Å². The molecule has 336 valence electrons. The van der Waals surface area contributed by atoms with E-state index in [4.69, 9.17) is 14.2 Å². The van der Waals surface area contributed by atoms with Gasteiger partial charge in [0.05, 0.1) is 40.3 Å². The number of carbonyl (C=O) groups excluding carboxylic acids is 3. The lowest BCUT2D eigenvalue weighted by Gasteiger charge is -2.34. The molecular weight excluding hydrogens is 751 g/mol. The second-order valence-electron chi connectivity index (χ2n) is 15.5. The van der Waals surface area contributed by atoms with E-state index in [0.717, 1.165) is 89.9 Å². The van der Waals surface area contributed by atoms with Gasteiger partial charge in [-0.1, -0.05) is 142 Å². The second-order valence-corrected chi connectivity index (χ2v) is 15.5. The second kappa shape index (κ2) is 41.5. The number of carboxylic acids is 1. The van der Waals surface area contributed by atoms with E-state index in [1.165, 1.54) is 0 Å². The molecule has 8 nitrogen and oxygen atoms in total. The fourth-order valence-electron chi connectivity index (χ4n) is 5.66. The third-order valence-electron chi connectivity index (χ3n) is 9.09. The predicted molar refractivity (Wildman–Crippen MR) is 249 cm³/mol. The number of carbonyl (C=O) groups is 3. The molecule has 0 spiro atoms. The molecule has 0 aliphatic heterocycles. The average molecular weight is 832 g/mol. The number of aliphatic carboxylic acids is 1. The van der Waals surface area contributed by atoms with E-state index in [1.54, 1.807) is 21.1 Å². The fourth-order valence-corrected chi connectivity index (χ4v) is 5.66. The van der Waals surface area contributed by atoms with E-state index in [1.807, 2.05) is 0 Å². The number of esters is 2. The van der Waals surface area contributed by atoms with Crippen molar-refractivity contribution >= 4 is 17.9 Å². The number of quaternary nitrogens is 1. The maximum Gasteiger partial charge on any atom is 0.306 e. The lowest BCUT2D eigenvalue weighted by molar-refractivity contribution is -0.889. The van der Waals surface area contributed by atoms with Crippen molar-refractivity contribution in [1.82, 2.24) is 0 Å². The van der Waals surface area contributed by atoms with Crippen LogP contribution < -0.4 is 5.11 Å². The summed E-state index contributed by atoms with van der Waals surface area (Å²) in [5, 5.41) is 11.6. The Morgan fingerprint density at radius 3 is 1.32 bits per heavy atom. The molecule has 0 saturated carbocycles. The average Bonchev–Trinajstić information content (AvgIpc) is 3.21. The summed E-state index contributed by atoms with van der Waals surface area (Å²) >= 11 is 0. The van der Waals surface area contributed by atoms with Crippen LogP contribution in [0, 0.1) is 0 Å². The highest BCUT2D eigenvalue weighted by Gasteiger charge is 2.25. The van der Waals surface area contributed by atoms with Crippen LogP contribution in [-0.4, -0.2) is 75.5 Å². The minimum absolute atomic E-state index is 0.0000378. The van der Waals surface area contributed by atoms with Crippen LogP contribution in [0.4, 0.5) is 0 Å². The van der Waals surface area contributed by atoms with Crippen molar-refractivity contribution in [2.45, 2.75) is 148 Å². The number of carboxylic acid groups (broad SMARTS) is 1. The minimum Gasteiger partial charge on any atom is -0.544 e. The molecule has 2 atom stereocenters. The minimum atomic E-state index is -1.14. The molecule has 8 heteroatoms. The first-order valence-electron chi connectivity index (χ1n) is 22.6. The van der Waals surface area contributed by atoms with Gasteiger partial charge >= 0.3 is 11.9 Å². The van der Waals surface area contributed by atoms with Crippen LogP contribution in [0.2, 0.25) is 0 Å². The molecule has 0 aromatic carbocycles. The zero-order valence-electron chi connectivity index (χ0n) is 38.1. The van der Waals surface area contributed by atoms with Gasteiger partial charge in [0, 0.05) is 19.3 Å². The number of allylic oxidation sites excluding steroid dienone is 20. The number of rotatable bonds is 38. The molecule has 0 aliphatic carbocycles. The number of hydrogen-bond donors (Lipinski definition) is 0. The van der Waals surface area contributed by atoms with Crippen molar-refractivity contribution in [1.29, 1.82) is 0 Å². The number of ether oxygens (including phenoxy) is 3. The van der Waals surface area contributed by atoms with E-state index in [0.29, 0.717) is 12.8 Å². The Bertz CT molecular complexity index is 1390. The summed E-state index contributed by atoms with van der Waals surface area (Å²) in [4.78, 5) is 36.9. The number of unbranched alkanes of at least 4 members (excludes halogenated alkanes) is 4. The van der Waals surface area contributed by atoms with Gasteiger partial charge in [0.2, 0.25) is 0 Å². The highest BCUT2D eigenvalue weighted by Crippen LogP contribution is 2.11. The zero-order valence-corrected chi connectivity index (χ0v) is 38.1. The lowest BCUT2D eigenvalue weighted by Crippen LogP contribution is -2.55. The Hall–Kier alpha value is -4.27. The molecule has 0 fully saturated rings. The fraction of sp³-hybridized carbons (Fsp3) is 0.558.